The summed E-state index contributed by atoms with van der Waals surface area (Å²) >= 11 is 0. The number of hydrogen-bond acceptors (Lipinski definition) is 2. The summed E-state index contributed by atoms with van der Waals surface area (Å²) in [6, 6.07) is 0.596. The van der Waals surface area contributed by atoms with Crippen LogP contribution in [0.2, 0.25) is 0 Å². The van der Waals surface area contributed by atoms with E-state index in [0.29, 0.717) is 12.6 Å². The van der Waals surface area contributed by atoms with Crippen LogP contribution in [0, 0.1) is 11.3 Å². The van der Waals surface area contributed by atoms with Gasteiger partial charge in [0.25, 0.3) is 0 Å². The number of hydrogen-bond donors (Lipinski definition) is 2. The van der Waals surface area contributed by atoms with Crippen molar-refractivity contribution in [2.24, 2.45) is 16.3 Å². The Morgan fingerprint density at radius 3 is 2.44 bits per heavy atom. The minimum absolute atomic E-state index is 0.114. The van der Waals surface area contributed by atoms with Gasteiger partial charge in [0.15, 0.2) is 5.96 Å². The highest BCUT2D eigenvalue weighted by atomic mass is 16.5. The number of methoxy groups -OCH3 is 1. The normalized spacial score (nSPS) is 25.8. The molecule has 3 unspecified atom stereocenters. The molecule has 1 saturated carbocycles. The molecular formula is C14H29N3O. The molecule has 0 aromatic heterocycles. The van der Waals surface area contributed by atoms with Crippen LogP contribution in [-0.2, 0) is 4.74 Å². The summed E-state index contributed by atoms with van der Waals surface area (Å²) in [4.78, 5) is 4.64. The molecule has 0 heterocycles. The van der Waals surface area contributed by atoms with Gasteiger partial charge in [0.05, 0.1) is 12.6 Å². The lowest BCUT2D eigenvalue weighted by Crippen LogP contribution is -2.40. The van der Waals surface area contributed by atoms with E-state index in [0.717, 1.165) is 18.4 Å². The Bertz CT molecular complexity index is 283. The van der Waals surface area contributed by atoms with Crippen LogP contribution in [0.5, 0.6) is 0 Å². The Morgan fingerprint density at radius 1 is 1.44 bits per heavy atom. The minimum atomic E-state index is 0.114. The average Bonchev–Trinajstić information content (AvgIpc) is 2.93. The maximum atomic E-state index is 5.52. The first-order valence-electron chi connectivity index (χ1n) is 6.96. The zero-order valence-corrected chi connectivity index (χ0v) is 12.7. The van der Waals surface area contributed by atoms with E-state index >= 15 is 0 Å². The molecule has 1 aliphatic carbocycles. The Balaban J connectivity index is 2.52. The molecule has 1 fully saturated rings. The quantitative estimate of drug-likeness (QED) is 0.583. The van der Waals surface area contributed by atoms with Crippen molar-refractivity contribution >= 4 is 5.96 Å². The average molecular weight is 255 g/mol. The topological polar surface area (TPSA) is 45.7 Å². The maximum absolute atomic E-state index is 5.52. The summed E-state index contributed by atoms with van der Waals surface area (Å²) < 4.78 is 5.52. The number of nitrogens with one attached hydrogen (secondary N) is 2. The Kier molecular flexibility index (Phi) is 5.45. The molecule has 0 radical (unpaired) electrons. The molecule has 18 heavy (non-hydrogen) atoms. The van der Waals surface area contributed by atoms with Crippen molar-refractivity contribution in [1.82, 2.24) is 10.6 Å². The maximum Gasteiger partial charge on any atom is 0.191 e. The molecule has 1 rings (SSSR count). The summed E-state index contributed by atoms with van der Waals surface area (Å²) in [6.07, 6.45) is 1.39. The lowest BCUT2D eigenvalue weighted by Gasteiger charge is -2.28. The molecule has 4 heteroatoms. The predicted molar refractivity (Wildman–Crippen MR) is 76.9 cm³/mol. The highest BCUT2D eigenvalue weighted by Crippen LogP contribution is 2.28. The van der Waals surface area contributed by atoms with Crippen molar-refractivity contribution in [2.75, 3.05) is 20.2 Å². The van der Waals surface area contributed by atoms with Crippen LogP contribution in [0.4, 0.5) is 0 Å². The predicted octanol–water partition coefficient (Wildman–Crippen LogP) is 2.01. The second-order valence-corrected chi connectivity index (χ2v) is 6.27. The smallest absolute Gasteiger partial charge is 0.191 e. The molecule has 0 amide bonds. The van der Waals surface area contributed by atoms with Crippen molar-refractivity contribution in [2.45, 2.75) is 53.2 Å². The third-order valence-corrected chi connectivity index (χ3v) is 3.44. The molecule has 0 aromatic rings. The number of nitrogens with zero attached hydrogens (tertiary/aromatic N) is 1. The van der Waals surface area contributed by atoms with E-state index < -0.39 is 0 Å². The van der Waals surface area contributed by atoms with Gasteiger partial charge in [0.1, 0.15) is 0 Å². The summed E-state index contributed by atoms with van der Waals surface area (Å²) in [5.74, 6) is 1.69. The monoisotopic (exact) mass is 255 g/mol. The van der Waals surface area contributed by atoms with Crippen LogP contribution in [0.1, 0.15) is 41.0 Å². The van der Waals surface area contributed by atoms with Gasteiger partial charge in [-0.25, -0.2) is 0 Å². The van der Waals surface area contributed by atoms with Crippen molar-refractivity contribution in [3.8, 4) is 0 Å². The van der Waals surface area contributed by atoms with Crippen molar-refractivity contribution < 1.29 is 4.74 Å². The molecule has 0 aromatic carbocycles. The van der Waals surface area contributed by atoms with Gasteiger partial charge in [-0.3, -0.25) is 4.99 Å². The van der Waals surface area contributed by atoms with Crippen molar-refractivity contribution in [1.29, 1.82) is 0 Å². The standard InChI is InChI=1S/C14H29N3O/c1-7-15-13(17-11-8-10(11)2)16-9-12(18-6)14(3,4)5/h10-12H,7-9H2,1-6H3,(H2,15,16,17). The highest BCUT2D eigenvalue weighted by molar-refractivity contribution is 5.80. The molecule has 0 saturated heterocycles. The van der Waals surface area contributed by atoms with Gasteiger partial charge >= 0.3 is 0 Å². The number of rotatable bonds is 5. The van der Waals surface area contributed by atoms with Crippen LogP contribution >= 0.6 is 0 Å². The molecular weight excluding hydrogens is 226 g/mol. The number of aliphatic imine (C=N–C) groups is 1. The fourth-order valence-electron chi connectivity index (χ4n) is 1.89. The van der Waals surface area contributed by atoms with Gasteiger partial charge in [0, 0.05) is 19.7 Å². The van der Waals surface area contributed by atoms with Crippen molar-refractivity contribution in [3.05, 3.63) is 0 Å². The molecule has 1 aliphatic rings. The molecule has 0 bridgehead atoms. The van der Waals surface area contributed by atoms with E-state index in [1.807, 2.05) is 0 Å². The van der Waals surface area contributed by atoms with Crippen LogP contribution in [0.15, 0.2) is 4.99 Å². The van der Waals surface area contributed by atoms with Gasteiger partial charge < -0.3 is 15.4 Å². The summed E-state index contributed by atoms with van der Waals surface area (Å²) in [5, 5.41) is 6.74. The van der Waals surface area contributed by atoms with Crippen LogP contribution in [-0.4, -0.2) is 38.3 Å². The van der Waals surface area contributed by atoms with E-state index in [1.54, 1.807) is 7.11 Å². The molecule has 4 nitrogen and oxygen atoms in total. The Hall–Kier alpha value is -0.770. The van der Waals surface area contributed by atoms with Gasteiger partial charge in [-0.2, -0.15) is 0 Å². The number of guanidine groups is 1. The fraction of sp³-hybridized carbons (Fsp3) is 0.929. The molecule has 106 valence electrons. The van der Waals surface area contributed by atoms with Gasteiger partial charge in [-0.05, 0) is 24.7 Å². The summed E-state index contributed by atoms with van der Waals surface area (Å²) in [5.41, 5.74) is 0.114. The first kappa shape index (κ1) is 15.3. The zero-order valence-electron chi connectivity index (χ0n) is 12.7. The summed E-state index contributed by atoms with van der Waals surface area (Å²) in [6.45, 7) is 12.5. The Labute approximate surface area is 112 Å². The second kappa shape index (κ2) is 6.41. The molecule has 0 spiro atoms. The molecule has 2 N–H and O–H groups in total. The molecule has 3 atom stereocenters. The first-order valence-corrected chi connectivity index (χ1v) is 6.96. The summed E-state index contributed by atoms with van der Waals surface area (Å²) in [7, 11) is 1.76. The highest BCUT2D eigenvalue weighted by Gasteiger charge is 2.33. The first-order chi connectivity index (χ1) is 8.38. The van der Waals surface area contributed by atoms with E-state index in [4.69, 9.17) is 4.74 Å². The lowest BCUT2D eigenvalue weighted by atomic mass is 9.89. The Morgan fingerprint density at radius 2 is 2.06 bits per heavy atom. The van der Waals surface area contributed by atoms with Crippen LogP contribution in [0.25, 0.3) is 0 Å². The van der Waals surface area contributed by atoms with E-state index in [9.17, 15) is 0 Å². The van der Waals surface area contributed by atoms with E-state index in [2.05, 4.69) is 50.2 Å². The van der Waals surface area contributed by atoms with Crippen LogP contribution in [0.3, 0.4) is 0 Å². The SMILES string of the molecule is CCNC(=NCC(OC)C(C)(C)C)NC1CC1C. The largest absolute Gasteiger partial charge is 0.379 e. The third-order valence-electron chi connectivity index (χ3n) is 3.44. The zero-order chi connectivity index (χ0) is 13.8. The van der Waals surface area contributed by atoms with Crippen LogP contribution < -0.4 is 10.6 Å². The van der Waals surface area contributed by atoms with E-state index in [1.165, 1.54) is 6.42 Å². The van der Waals surface area contributed by atoms with Crippen molar-refractivity contribution in [3.63, 3.8) is 0 Å². The number of ether oxygens (including phenoxy) is 1. The molecule has 0 aliphatic heterocycles. The third kappa shape index (κ3) is 4.84. The lowest BCUT2D eigenvalue weighted by molar-refractivity contribution is 0.0241. The second-order valence-electron chi connectivity index (χ2n) is 6.27. The fourth-order valence-corrected chi connectivity index (χ4v) is 1.89. The van der Waals surface area contributed by atoms with E-state index in [-0.39, 0.29) is 11.5 Å². The van der Waals surface area contributed by atoms with Gasteiger partial charge in [-0.1, -0.05) is 27.7 Å². The van der Waals surface area contributed by atoms with Gasteiger partial charge in [-0.15, -0.1) is 0 Å². The van der Waals surface area contributed by atoms with Gasteiger partial charge in [0.2, 0.25) is 0 Å². The minimum Gasteiger partial charge on any atom is -0.379 e.